The van der Waals surface area contributed by atoms with E-state index >= 15 is 0 Å². The molecule has 0 aromatic carbocycles. The lowest BCUT2D eigenvalue weighted by Gasteiger charge is -2.06. The van der Waals surface area contributed by atoms with Crippen molar-refractivity contribution in [1.29, 1.82) is 0 Å². The molecule has 0 aliphatic carbocycles. The molecule has 0 radical (unpaired) electrons. The minimum atomic E-state index is -0.573. The first-order valence-electron chi connectivity index (χ1n) is 6.53. The van der Waals surface area contributed by atoms with E-state index in [9.17, 15) is 14.9 Å². The van der Waals surface area contributed by atoms with E-state index in [2.05, 4.69) is 4.98 Å². The van der Waals surface area contributed by atoms with Gasteiger partial charge in [0, 0.05) is 6.42 Å². The summed E-state index contributed by atoms with van der Waals surface area (Å²) in [6, 6.07) is 3.10. The highest BCUT2D eigenvalue weighted by atomic mass is 16.6. The molecule has 0 saturated carbocycles. The predicted molar refractivity (Wildman–Crippen MR) is 71.5 cm³/mol. The molecule has 0 saturated heterocycles. The standard InChI is InChI=1S/C13H18N2O5/c1-2-19-12(16)8-4-3-5-10-20-11-7-6-9-14-13(11)15(17)18/h6-7,9H,2-5,8,10H2,1H3. The molecule has 0 atom stereocenters. The van der Waals surface area contributed by atoms with Crippen LogP contribution >= 0.6 is 0 Å². The van der Waals surface area contributed by atoms with Crippen molar-refractivity contribution in [2.24, 2.45) is 0 Å². The zero-order valence-corrected chi connectivity index (χ0v) is 11.4. The number of carbonyl (C=O) groups excluding carboxylic acids is 1. The maximum Gasteiger partial charge on any atom is 0.406 e. The van der Waals surface area contributed by atoms with Crippen LogP contribution in [0, 0.1) is 10.1 Å². The Morgan fingerprint density at radius 3 is 2.90 bits per heavy atom. The van der Waals surface area contributed by atoms with Gasteiger partial charge in [-0.15, -0.1) is 0 Å². The molecule has 0 aliphatic heterocycles. The average Bonchev–Trinajstić information content (AvgIpc) is 2.43. The summed E-state index contributed by atoms with van der Waals surface area (Å²) in [5.41, 5.74) is 0. The van der Waals surface area contributed by atoms with E-state index in [0.717, 1.165) is 12.8 Å². The summed E-state index contributed by atoms with van der Waals surface area (Å²) in [4.78, 5) is 24.9. The molecule has 0 bridgehead atoms. The van der Waals surface area contributed by atoms with Crippen molar-refractivity contribution in [2.75, 3.05) is 13.2 Å². The van der Waals surface area contributed by atoms with Gasteiger partial charge >= 0.3 is 11.8 Å². The van der Waals surface area contributed by atoms with Gasteiger partial charge in [0.15, 0.2) is 0 Å². The highest BCUT2D eigenvalue weighted by Crippen LogP contribution is 2.23. The summed E-state index contributed by atoms with van der Waals surface area (Å²) in [6.45, 7) is 2.52. The van der Waals surface area contributed by atoms with Crippen molar-refractivity contribution in [2.45, 2.75) is 32.6 Å². The number of nitrogens with zero attached hydrogens (tertiary/aromatic N) is 2. The van der Waals surface area contributed by atoms with Crippen LogP contribution in [0.15, 0.2) is 18.3 Å². The summed E-state index contributed by atoms with van der Waals surface area (Å²) in [5, 5.41) is 10.7. The number of pyridine rings is 1. The lowest BCUT2D eigenvalue weighted by Crippen LogP contribution is -2.04. The first kappa shape index (κ1) is 15.9. The molecule has 7 heteroatoms. The van der Waals surface area contributed by atoms with Gasteiger partial charge in [-0.2, -0.15) is 0 Å². The minimum Gasteiger partial charge on any atom is -0.486 e. The van der Waals surface area contributed by atoms with Gasteiger partial charge in [0.2, 0.25) is 5.75 Å². The molecule has 1 rings (SSSR count). The third kappa shape index (κ3) is 5.64. The van der Waals surface area contributed by atoms with Crippen molar-refractivity contribution in [1.82, 2.24) is 4.98 Å². The van der Waals surface area contributed by atoms with Crippen LogP contribution in [0.1, 0.15) is 32.6 Å². The van der Waals surface area contributed by atoms with E-state index in [-0.39, 0.29) is 17.5 Å². The Bertz CT molecular complexity index is 450. The number of rotatable bonds is 9. The fourth-order valence-electron chi connectivity index (χ4n) is 1.60. The lowest BCUT2D eigenvalue weighted by molar-refractivity contribution is -0.390. The highest BCUT2D eigenvalue weighted by Gasteiger charge is 2.14. The van der Waals surface area contributed by atoms with E-state index in [1.165, 1.54) is 12.3 Å². The van der Waals surface area contributed by atoms with Crippen LogP contribution in [-0.4, -0.2) is 29.1 Å². The number of aromatic nitrogens is 1. The van der Waals surface area contributed by atoms with Crippen molar-refractivity contribution in [3.63, 3.8) is 0 Å². The van der Waals surface area contributed by atoms with Gasteiger partial charge in [-0.25, -0.2) is 0 Å². The number of nitro groups is 1. The summed E-state index contributed by atoms with van der Waals surface area (Å²) in [7, 11) is 0. The Kier molecular flexibility index (Phi) is 7.02. The van der Waals surface area contributed by atoms with Gasteiger partial charge in [-0.3, -0.25) is 4.79 Å². The molecule has 0 unspecified atom stereocenters. The van der Waals surface area contributed by atoms with Gasteiger partial charge in [-0.05, 0) is 48.2 Å². The van der Waals surface area contributed by atoms with E-state index in [4.69, 9.17) is 9.47 Å². The smallest absolute Gasteiger partial charge is 0.406 e. The summed E-state index contributed by atoms with van der Waals surface area (Å²) < 4.78 is 10.1. The Labute approximate surface area is 117 Å². The molecule has 0 N–H and O–H groups in total. The first-order valence-corrected chi connectivity index (χ1v) is 6.53. The second kappa shape index (κ2) is 8.84. The molecule has 20 heavy (non-hydrogen) atoms. The topological polar surface area (TPSA) is 91.6 Å². The van der Waals surface area contributed by atoms with Gasteiger partial charge in [0.05, 0.1) is 13.2 Å². The van der Waals surface area contributed by atoms with Gasteiger partial charge in [-0.1, -0.05) is 0 Å². The second-order valence-electron chi connectivity index (χ2n) is 4.05. The number of ether oxygens (including phenoxy) is 2. The van der Waals surface area contributed by atoms with Gasteiger partial charge < -0.3 is 19.6 Å². The van der Waals surface area contributed by atoms with Gasteiger partial charge in [0.1, 0.15) is 6.20 Å². The fraction of sp³-hybridized carbons (Fsp3) is 0.538. The predicted octanol–water partition coefficient (Wildman–Crippen LogP) is 2.49. The van der Waals surface area contributed by atoms with Crippen LogP contribution < -0.4 is 4.74 Å². The zero-order valence-electron chi connectivity index (χ0n) is 11.4. The largest absolute Gasteiger partial charge is 0.486 e. The Balaban J connectivity index is 2.22. The molecule has 110 valence electrons. The van der Waals surface area contributed by atoms with Gasteiger partial charge in [0.25, 0.3) is 0 Å². The summed E-state index contributed by atoms with van der Waals surface area (Å²) in [6.07, 6.45) is 3.97. The van der Waals surface area contributed by atoms with Crippen LogP contribution in [0.3, 0.4) is 0 Å². The quantitative estimate of drug-likeness (QED) is 0.299. The van der Waals surface area contributed by atoms with E-state index < -0.39 is 4.92 Å². The van der Waals surface area contributed by atoms with Crippen LogP contribution in [0.25, 0.3) is 0 Å². The molecular formula is C13H18N2O5. The van der Waals surface area contributed by atoms with Crippen LogP contribution in [0.4, 0.5) is 5.82 Å². The number of esters is 1. The highest BCUT2D eigenvalue weighted by molar-refractivity contribution is 5.69. The normalized spacial score (nSPS) is 10.1. The molecule has 0 spiro atoms. The molecule has 7 nitrogen and oxygen atoms in total. The Morgan fingerprint density at radius 1 is 1.40 bits per heavy atom. The molecule has 1 heterocycles. The molecule has 1 aromatic heterocycles. The maximum absolute atomic E-state index is 11.1. The number of hydrogen-bond donors (Lipinski definition) is 0. The Hall–Kier alpha value is -2.18. The number of hydrogen-bond acceptors (Lipinski definition) is 6. The van der Waals surface area contributed by atoms with Crippen molar-refractivity contribution in [3.8, 4) is 5.75 Å². The molecular weight excluding hydrogens is 264 g/mol. The molecule has 1 aromatic rings. The van der Waals surface area contributed by atoms with E-state index in [1.54, 1.807) is 13.0 Å². The van der Waals surface area contributed by atoms with Crippen LogP contribution in [0.2, 0.25) is 0 Å². The van der Waals surface area contributed by atoms with Crippen molar-refractivity contribution in [3.05, 3.63) is 28.4 Å². The maximum atomic E-state index is 11.1. The van der Waals surface area contributed by atoms with Crippen molar-refractivity contribution < 1.29 is 19.2 Å². The number of unbranched alkanes of at least 4 members (excludes halogenated alkanes) is 2. The average molecular weight is 282 g/mol. The zero-order chi connectivity index (χ0) is 14.8. The SMILES string of the molecule is CCOC(=O)CCCCCOc1cccnc1[N+](=O)[O-]. The molecule has 0 aliphatic rings. The van der Waals surface area contributed by atoms with Crippen LogP contribution in [0.5, 0.6) is 5.75 Å². The number of carbonyl (C=O) groups is 1. The third-order valence-electron chi connectivity index (χ3n) is 2.51. The monoisotopic (exact) mass is 282 g/mol. The Morgan fingerprint density at radius 2 is 2.20 bits per heavy atom. The minimum absolute atomic E-state index is 0.169. The fourth-order valence-corrected chi connectivity index (χ4v) is 1.60. The second-order valence-corrected chi connectivity index (χ2v) is 4.05. The summed E-state index contributed by atoms with van der Waals surface area (Å²) in [5.74, 6) is -0.307. The van der Waals surface area contributed by atoms with E-state index in [0.29, 0.717) is 26.1 Å². The van der Waals surface area contributed by atoms with Crippen LogP contribution in [-0.2, 0) is 9.53 Å². The molecule has 0 fully saturated rings. The summed E-state index contributed by atoms with van der Waals surface area (Å²) >= 11 is 0. The first-order chi connectivity index (χ1) is 9.65. The third-order valence-corrected chi connectivity index (χ3v) is 2.51. The lowest BCUT2D eigenvalue weighted by atomic mass is 10.2. The van der Waals surface area contributed by atoms with E-state index in [1.807, 2.05) is 0 Å². The molecule has 0 amide bonds. The van der Waals surface area contributed by atoms with Crippen molar-refractivity contribution >= 4 is 11.8 Å².